The Kier molecular flexibility index (Phi) is 10.2. The first-order valence-electron chi connectivity index (χ1n) is 10.3. The summed E-state index contributed by atoms with van der Waals surface area (Å²) in [6, 6.07) is 17.3. The summed E-state index contributed by atoms with van der Waals surface area (Å²) in [5.41, 5.74) is 1.63. The molecule has 0 unspecified atom stereocenters. The molecule has 3 N–H and O–H groups in total. The molecule has 2 aromatic rings. The van der Waals surface area contributed by atoms with Gasteiger partial charge in [-0.3, -0.25) is 4.79 Å². The lowest BCUT2D eigenvalue weighted by atomic mass is 10.1. The molecule has 0 radical (unpaired) electrons. The number of carbonyl (C=O) groups is 1. The summed E-state index contributed by atoms with van der Waals surface area (Å²) in [5.74, 6) is 1.50. The Balaban J connectivity index is 1.85. The standard InChI is InChI=1S/C23H33N5O2/c1-4-24-23(26-14-16-30-21-11-6-5-7-12-21)27-18-19-9-8-10-20(17-19)22(29)25-13-15-28(2)3/h5-12,17H,4,13-16,18H2,1-3H3,(H,25,29)(H2,24,26,27). The Morgan fingerprint density at radius 2 is 1.80 bits per heavy atom. The fourth-order valence-corrected chi connectivity index (χ4v) is 2.67. The zero-order valence-corrected chi connectivity index (χ0v) is 18.1. The minimum atomic E-state index is -0.0641. The van der Waals surface area contributed by atoms with Gasteiger partial charge in [-0.2, -0.15) is 0 Å². The van der Waals surface area contributed by atoms with E-state index in [0.717, 1.165) is 30.4 Å². The molecule has 0 spiro atoms. The zero-order valence-electron chi connectivity index (χ0n) is 18.1. The Hall–Kier alpha value is -3.06. The van der Waals surface area contributed by atoms with Crippen molar-refractivity contribution >= 4 is 11.9 Å². The molecule has 0 heterocycles. The van der Waals surface area contributed by atoms with Crippen molar-refractivity contribution in [2.75, 3.05) is 46.9 Å². The van der Waals surface area contributed by atoms with Crippen molar-refractivity contribution < 1.29 is 9.53 Å². The first-order chi connectivity index (χ1) is 14.6. The number of likely N-dealkylation sites (N-methyl/N-ethyl adjacent to an activating group) is 1. The van der Waals surface area contributed by atoms with Gasteiger partial charge in [0, 0.05) is 25.2 Å². The molecule has 2 rings (SSSR count). The van der Waals surface area contributed by atoms with Gasteiger partial charge in [-0.05, 0) is 50.8 Å². The van der Waals surface area contributed by atoms with Crippen molar-refractivity contribution in [3.05, 3.63) is 65.7 Å². The van der Waals surface area contributed by atoms with Crippen LogP contribution in [0.5, 0.6) is 5.75 Å². The number of nitrogens with one attached hydrogen (secondary N) is 3. The number of nitrogens with zero attached hydrogens (tertiary/aromatic N) is 2. The molecule has 0 aliphatic rings. The van der Waals surface area contributed by atoms with Gasteiger partial charge in [0.25, 0.3) is 5.91 Å². The summed E-state index contributed by atoms with van der Waals surface area (Å²) < 4.78 is 5.69. The smallest absolute Gasteiger partial charge is 0.251 e. The van der Waals surface area contributed by atoms with Crippen LogP contribution in [0.25, 0.3) is 0 Å². The van der Waals surface area contributed by atoms with Crippen molar-refractivity contribution in [1.82, 2.24) is 20.9 Å². The second-order valence-electron chi connectivity index (χ2n) is 7.04. The highest BCUT2D eigenvalue weighted by Crippen LogP contribution is 2.08. The van der Waals surface area contributed by atoms with E-state index in [4.69, 9.17) is 4.74 Å². The van der Waals surface area contributed by atoms with Gasteiger partial charge in [0.1, 0.15) is 12.4 Å². The van der Waals surface area contributed by atoms with Crippen LogP contribution in [-0.4, -0.2) is 63.6 Å². The summed E-state index contributed by atoms with van der Waals surface area (Å²) in [4.78, 5) is 19.0. The number of rotatable bonds is 11. The number of benzene rings is 2. The lowest BCUT2D eigenvalue weighted by Gasteiger charge is -2.12. The van der Waals surface area contributed by atoms with Crippen LogP contribution in [0.3, 0.4) is 0 Å². The van der Waals surface area contributed by atoms with Crippen LogP contribution in [-0.2, 0) is 6.54 Å². The van der Waals surface area contributed by atoms with Gasteiger partial charge in [0.2, 0.25) is 0 Å². The Bertz CT molecular complexity index is 793. The highest BCUT2D eigenvalue weighted by atomic mass is 16.5. The van der Waals surface area contributed by atoms with E-state index < -0.39 is 0 Å². The minimum absolute atomic E-state index is 0.0641. The summed E-state index contributed by atoms with van der Waals surface area (Å²) >= 11 is 0. The molecule has 0 aliphatic carbocycles. The molecular formula is C23H33N5O2. The molecule has 0 bridgehead atoms. The number of hydrogen-bond acceptors (Lipinski definition) is 4. The quantitative estimate of drug-likeness (QED) is 0.300. The maximum atomic E-state index is 12.3. The zero-order chi connectivity index (χ0) is 21.6. The van der Waals surface area contributed by atoms with Crippen LogP contribution in [0, 0.1) is 0 Å². The van der Waals surface area contributed by atoms with Crippen LogP contribution in [0.4, 0.5) is 0 Å². The molecule has 7 nitrogen and oxygen atoms in total. The van der Waals surface area contributed by atoms with E-state index in [-0.39, 0.29) is 5.91 Å². The second-order valence-corrected chi connectivity index (χ2v) is 7.04. The van der Waals surface area contributed by atoms with E-state index >= 15 is 0 Å². The molecule has 7 heteroatoms. The summed E-state index contributed by atoms with van der Waals surface area (Å²) in [6.45, 7) is 5.87. The first-order valence-corrected chi connectivity index (χ1v) is 10.3. The van der Waals surface area contributed by atoms with Crippen LogP contribution >= 0.6 is 0 Å². The Morgan fingerprint density at radius 3 is 2.53 bits per heavy atom. The van der Waals surface area contributed by atoms with E-state index in [1.807, 2.05) is 80.5 Å². The number of ether oxygens (including phenoxy) is 1. The van der Waals surface area contributed by atoms with E-state index in [1.165, 1.54) is 0 Å². The lowest BCUT2D eigenvalue weighted by Crippen LogP contribution is -2.39. The molecule has 1 amide bonds. The molecule has 0 aromatic heterocycles. The third-order valence-electron chi connectivity index (χ3n) is 4.20. The van der Waals surface area contributed by atoms with Gasteiger partial charge < -0.3 is 25.6 Å². The van der Waals surface area contributed by atoms with Gasteiger partial charge in [-0.1, -0.05) is 30.3 Å². The first kappa shape index (κ1) is 23.2. The minimum Gasteiger partial charge on any atom is -0.492 e. The molecular weight excluding hydrogens is 378 g/mol. The molecule has 0 atom stereocenters. The molecule has 0 aliphatic heterocycles. The Morgan fingerprint density at radius 1 is 1.00 bits per heavy atom. The Labute approximate surface area is 179 Å². The normalized spacial score (nSPS) is 11.3. The number of para-hydroxylation sites is 1. The van der Waals surface area contributed by atoms with Crippen LogP contribution in [0.1, 0.15) is 22.8 Å². The fourth-order valence-electron chi connectivity index (χ4n) is 2.67. The highest BCUT2D eigenvalue weighted by Gasteiger charge is 2.06. The van der Waals surface area contributed by atoms with Gasteiger partial charge in [0.05, 0.1) is 13.1 Å². The fraction of sp³-hybridized carbons (Fsp3) is 0.391. The second kappa shape index (κ2) is 13.2. The van der Waals surface area contributed by atoms with Gasteiger partial charge >= 0.3 is 0 Å². The van der Waals surface area contributed by atoms with E-state index in [9.17, 15) is 4.79 Å². The number of amides is 1. The van der Waals surface area contributed by atoms with E-state index in [0.29, 0.717) is 31.8 Å². The number of aliphatic imine (C=N–C) groups is 1. The monoisotopic (exact) mass is 411 g/mol. The average Bonchev–Trinajstić information content (AvgIpc) is 2.75. The number of guanidine groups is 1. The summed E-state index contributed by atoms with van der Waals surface area (Å²) in [6.07, 6.45) is 0. The van der Waals surface area contributed by atoms with Gasteiger partial charge in [-0.25, -0.2) is 4.99 Å². The highest BCUT2D eigenvalue weighted by molar-refractivity contribution is 5.94. The SMILES string of the molecule is CCNC(=NCc1cccc(C(=O)NCCN(C)C)c1)NCCOc1ccccc1. The van der Waals surface area contributed by atoms with Gasteiger partial charge in [-0.15, -0.1) is 0 Å². The predicted molar refractivity (Wildman–Crippen MR) is 122 cm³/mol. The average molecular weight is 412 g/mol. The third-order valence-corrected chi connectivity index (χ3v) is 4.20. The number of carbonyl (C=O) groups excluding carboxylic acids is 1. The molecule has 0 saturated carbocycles. The summed E-state index contributed by atoms with van der Waals surface area (Å²) in [7, 11) is 3.96. The van der Waals surface area contributed by atoms with Crippen LogP contribution in [0.2, 0.25) is 0 Å². The van der Waals surface area contributed by atoms with Crippen molar-refractivity contribution in [3.63, 3.8) is 0 Å². The van der Waals surface area contributed by atoms with Crippen molar-refractivity contribution in [2.45, 2.75) is 13.5 Å². The molecule has 2 aromatic carbocycles. The molecule has 162 valence electrons. The van der Waals surface area contributed by atoms with Crippen molar-refractivity contribution in [2.24, 2.45) is 4.99 Å². The molecule has 30 heavy (non-hydrogen) atoms. The maximum absolute atomic E-state index is 12.3. The van der Waals surface area contributed by atoms with E-state index in [2.05, 4.69) is 20.9 Å². The predicted octanol–water partition coefficient (Wildman–Crippen LogP) is 2.11. The lowest BCUT2D eigenvalue weighted by molar-refractivity contribution is 0.0951. The number of hydrogen-bond donors (Lipinski definition) is 3. The third kappa shape index (κ3) is 8.96. The van der Waals surface area contributed by atoms with Gasteiger partial charge in [0.15, 0.2) is 5.96 Å². The van der Waals surface area contributed by atoms with Crippen molar-refractivity contribution in [1.29, 1.82) is 0 Å². The molecule has 0 saturated heterocycles. The molecule has 0 fully saturated rings. The van der Waals surface area contributed by atoms with E-state index in [1.54, 1.807) is 0 Å². The van der Waals surface area contributed by atoms with Crippen molar-refractivity contribution in [3.8, 4) is 5.75 Å². The van der Waals surface area contributed by atoms with Crippen LogP contribution in [0.15, 0.2) is 59.6 Å². The maximum Gasteiger partial charge on any atom is 0.251 e. The largest absolute Gasteiger partial charge is 0.492 e. The van der Waals surface area contributed by atoms with Crippen LogP contribution < -0.4 is 20.7 Å². The summed E-state index contributed by atoms with van der Waals surface area (Å²) in [5, 5.41) is 9.43. The topological polar surface area (TPSA) is 78.0 Å².